The Labute approximate surface area is 183 Å². The molecule has 2 aromatic carbocycles. The third-order valence-electron chi connectivity index (χ3n) is 4.85. The van der Waals surface area contributed by atoms with Crippen LogP contribution in [-0.4, -0.2) is 32.0 Å². The molecule has 1 N–H and O–H groups in total. The molecule has 0 fully saturated rings. The molecule has 1 aromatic heterocycles. The Kier molecular flexibility index (Phi) is 5.76. The molecule has 3 aromatic rings. The third kappa shape index (κ3) is 4.11. The van der Waals surface area contributed by atoms with E-state index in [4.69, 9.17) is 13.9 Å². The number of esters is 1. The number of hydrogen-bond donors (Lipinski definition) is 1. The van der Waals surface area contributed by atoms with Crippen LogP contribution in [-0.2, 0) is 16.1 Å². The highest BCUT2D eigenvalue weighted by Gasteiger charge is 2.26. The maximum atomic E-state index is 12.4. The largest absolute Gasteiger partial charge is 0.493 e. The lowest BCUT2D eigenvalue weighted by Gasteiger charge is -2.18. The van der Waals surface area contributed by atoms with E-state index < -0.39 is 17.8 Å². The van der Waals surface area contributed by atoms with Gasteiger partial charge in [0.1, 0.15) is 12.4 Å². The van der Waals surface area contributed by atoms with Crippen LogP contribution >= 0.6 is 0 Å². The topological polar surface area (TPSA) is 104 Å². The third-order valence-corrected chi connectivity index (χ3v) is 4.85. The van der Waals surface area contributed by atoms with E-state index in [1.54, 1.807) is 54.6 Å². The van der Waals surface area contributed by atoms with Crippen molar-refractivity contribution in [2.24, 2.45) is 0 Å². The monoisotopic (exact) mass is 433 g/mol. The minimum atomic E-state index is -0.568. The zero-order chi connectivity index (χ0) is 22.7. The number of imide groups is 1. The average Bonchev–Trinajstić information content (AvgIpc) is 3.29. The number of ether oxygens (including phenoxy) is 3. The van der Waals surface area contributed by atoms with Crippen molar-refractivity contribution in [2.75, 3.05) is 14.2 Å². The normalized spacial score (nSPS) is 14.0. The van der Waals surface area contributed by atoms with Crippen LogP contribution in [0.1, 0.15) is 37.8 Å². The van der Waals surface area contributed by atoms with E-state index in [-0.39, 0.29) is 12.4 Å². The SMILES string of the molecule is COC(=O)c1ccc(COc2ccc(/C=C3/C(=O)NC(=O)c4ccccc43)cc2OC)o1. The van der Waals surface area contributed by atoms with Crippen LogP contribution in [0.5, 0.6) is 11.5 Å². The summed E-state index contributed by atoms with van der Waals surface area (Å²) >= 11 is 0. The van der Waals surface area contributed by atoms with Crippen LogP contribution in [0.4, 0.5) is 0 Å². The number of amides is 2. The second-order valence-electron chi connectivity index (χ2n) is 6.84. The average molecular weight is 433 g/mol. The molecule has 8 nitrogen and oxygen atoms in total. The second-order valence-corrected chi connectivity index (χ2v) is 6.84. The molecule has 0 spiro atoms. The van der Waals surface area contributed by atoms with E-state index in [9.17, 15) is 14.4 Å². The second kappa shape index (κ2) is 8.81. The smallest absolute Gasteiger partial charge is 0.373 e. The number of fused-ring (bicyclic) bond motifs is 1. The Hall–Kier alpha value is -4.33. The van der Waals surface area contributed by atoms with Gasteiger partial charge < -0.3 is 18.6 Å². The summed E-state index contributed by atoms with van der Waals surface area (Å²) in [4.78, 5) is 36.0. The van der Waals surface area contributed by atoms with Crippen molar-refractivity contribution in [1.82, 2.24) is 5.32 Å². The van der Waals surface area contributed by atoms with Gasteiger partial charge in [-0.25, -0.2) is 4.79 Å². The molecule has 8 heteroatoms. The molecule has 0 aliphatic carbocycles. The molecule has 162 valence electrons. The van der Waals surface area contributed by atoms with Gasteiger partial charge in [-0.15, -0.1) is 0 Å². The lowest BCUT2D eigenvalue weighted by atomic mass is 9.93. The number of hydrogen-bond acceptors (Lipinski definition) is 7. The molecule has 1 aliphatic heterocycles. The first-order valence-electron chi connectivity index (χ1n) is 9.65. The van der Waals surface area contributed by atoms with Gasteiger partial charge in [-0.1, -0.05) is 24.3 Å². The van der Waals surface area contributed by atoms with Crippen molar-refractivity contribution in [3.8, 4) is 11.5 Å². The molecule has 4 rings (SSSR count). The van der Waals surface area contributed by atoms with Crippen LogP contribution in [0.2, 0.25) is 0 Å². The van der Waals surface area contributed by atoms with E-state index >= 15 is 0 Å². The minimum Gasteiger partial charge on any atom is -0.493 e. The Morgan fingerprint density at radius 2 is 1.75 bits per heavy atom. The van der Waals surface area contributed by atoms with Gasteiger partial charge in [0.05, 0.1) is 14.2 Å². The van der Waals surface area contributed by atoms with Gasteiger partial charge >= 0.3 is 5.97 Å². The number of methoxy groups -OCH3 is 2. The van der Waals surface area contributed by atoms with Crippen molar-refractivity contribution in [3.05, 3.63) is 82.8 Å². The number of furan rings is 1. The summed E-state index contributed by atoms with van der Waals surface area (Å²) in [6.07, 6.45) is 1.68. The first-order valence-corrected chi connectivity index (χ1v) is 9.65. The van der Waals surface area contributed by atoms with E-state index in [2.05, 4.69) is 10.1 Å². The first-order chi connectivity index (χ1) is 15.5. The van der Waals surface area contributed by atoms with Crippen LogP contribution in [0.25, 0.3) is 11.6 Å². The van der Waals surface area contributed by atoms with Crippen LogP contribution < -0.4 is 14.8 Å². The molecule has 2 heterocycles. The number of nitrogens with one attached hydrogen (secondary N) is 1. The van der Waals surface area contributed by atoms with Crippen molar-refractivity contribution in [3.63, 3.8) is 0 Å². The molecule has 0 radical (unpaired) electrons. The lowest BCUT2D eigenvalue weighted by Crippen LogP contribution is -2.36. The molecule has 0 saturated carbocycles. The quantitative estimate of drug-likeness (QED) is 0.361. The summed E-state index contributed by atoms with van der Waals surface area (Å²) in [5.41, 5.74) is 2.08. The van der Waals surface area contributed by atoms with Gasteiger partial charge in [-0.2, -0.15) is 0 Å². The molecular formula is C24H19NO7. The Morgan fingerprint density at radius 1 is 0.969 bits per heavy atom. The fraction of sp³-hybridized carbons (Fsp3) is 0.125. The Bertz CT molecular complexity index is 1240. The Balaban J connectivity index is 1.57. The van der Waals surface area contributed by atoms with E-state index in [1.807, 2.05) is 0 Å². The van der Waals surface area contributed by atoms with E-state index in [1.165, 1.54) is 20.3 Å². The number of carbonyl (C=O) groups is 3. The zero-order valence-corrected chi connectivity index (χ0v) is 17.3. The minimum absolute atomic E-state index is 0.0751. The van der Waals surface area contributed by atoms with Crippen molar-refractivity contribution >= 4 is 29.4 Å². The predicted molar refractivity (Wildman–Crippen MR) is 114 cm³/mol. The molecule has 0 bridgehead atoms. The number of carbonyl (C=O) groups excluding carboxylic acids is 3. The summed E-state index contributed by atoms with van der Waals surface area (Å²) in [6, 6.07) is 15.2. The van der Waals surface area contributed by atoms with Crippen LogP contribution in [0.15, 0.2) is 59.0 Å². The highest BCUT2D eigenvalue weighted by Crippen LogP contribution is 2.32. The Morgan fingerprint density at radius 3 is 2.50 bits per heavy atom. The molecule has 0 saturated heterocycles. The molecule has 2 amide bonds. The van der Waals surface area contributed by atoms with Gasteiger partial charge in [0.25, 0.3) is 11.8 Å². The van der Waals surface area contributed by atoms with E-state index in [0.29, 0.717) is 39.5 Å². The van der Waals surface area contributed by atoms with E-state index in [0.717, 1.165) is 0 Å². The van der Waals surface area contributed by atoms with Gasteiger partial charge in [-0.05, 0) is 47.5 Å². The molecule has 0 atom stereocenters. The maximum Gasteiger partial charge on any atom is 0.373 e. The lowest BCUT2D eigenvalue weighted by molar-refractivity contribution is -0.114. The van der Waals surface area contributed by atoms with Crippen molar-refractivity contribution in [2.45, 2.75) is 6.61 Å². The summed E-state index contributed by atoms with van der Waals surface area (Å²) in [6.45, 7) is 0.0751. The fourth-order valence-electron chi connectivity index (χ4n) is 3.29. The molecular weight excluding hydrogens is 414 g/mol. The molecule has 0 unspecified atom stereocenters. The zero-order valence-electron chi connectivity index (χ0n) is 17.3. The predicted octanol–water partition coefficient (Wildman–Crippen LogP) is 3.46. The van der Waals surface area contributed by atoms with Crippen LogP contribution in [0, 0.1) is 0 Å². The van der Waals surface area contributed by atoms with Gasteiger partial charge in [0.15, 0.2) is 11.5 Å². The number of benzene rings is 2. The summed E-state index contributed by atoms with van der Waals surface area (Å²) in [5, 5.41) is 2.35. The molecule has 32 heavy (non-hydrogen) atoms. The number of rotatable bonds is 6. The van der Waals surface area contributed by atoms with Gasteiger partial charge in [0, 0.05) is 11.1 Å². The van der Waals surface area contributed by atoms with Crippen LogP contribution in [0.3, 0.4) is 0 Å². The van der Waals surface area contributed by atoms with Gasteiger partial charge in [-0.3, -0.25) is 14.9 Å². The fourth-order valence-corrected chi connectivity index (χ4v) is 3.29. The highest BCUT2D eigenvalue weighted by molar-refractivity contribution is 6.33. The summed E-state index contributed by atoms with van der Waals surface area (Å²) < 4.78 is 21.2. The summed E-state index contributed by atoms with van der Waals surface area (Å²) in [5.74, 6) is -0.0248. The highest BCUT2D eigenvalue weighted by atomic mass is 16.5. The summed E-state index contributed by atoms with van der Waals surface area (Å²) in [7, 11) is 2.78. The maximum absolute atomic E-state index is 12.4. The standard InChI is InChI=1S/C24H19NO7/c1-29-21-12-14(11-18-16-5-3-4-6-17(16)22(26)25-23(18)27)7-9-19(21)31-13-15-8-10-20(32-15)24(28)30-2/h3-12H,13H2,1-2H3,(H,25,26,27)/b18-11+. The van der Waals surface area contributed by atoms with Crippen molar-refractivity contribution < 1.29 is 33.0 Å². The molecule has 1 aliphatic rings. The van der Waals surface area contributed by atoms with Crippen molar-refractivity contribution in [1.29, 1.82) is 0 Å². The first kappa shape index (κ1) is 20.9. The van der Waals surface area contributed by atoms with Gasteiger partial charge in [0.2, 0.25) is 5.76 Å².